The molecular formula is C7H7BF4N-. The van der Waals surface area contributed by atoms with Crippen LogP contribution in [0.25, 0.3) is 0 Å². The average molecular weight is 192 g/mol. The normalized spacial score (nSPS) is 11.8. The molecular weight excluding hydrogens is 185 g/mol. The Morgan fingerprint density at radius 3 is 2.31 bits per heavy atom. The number of halogens is 4. The van der Waals surface area contributed by atoms with Crippen molar-refractivity contribution in [3.05, 3.63) is 29.6 Å². The summed E-state index contributed by atoms with van der Waals surface area (Å²) in [6.45, 7) is -5.30. The van der Waals surface area contributed by atoms with E-state index in [9.17, 15) is 17.3 Å². The monoisotopic (exact) mass is 192 g/mol. The van der Waals surface area contributed by atoms with Gasteiger partial charge in [-0.3, -0.25) is 0 Å². The number of nitrogens with two attached hydrogens (primary N) is 1. The Labute approximate surface area is 72.6 Å². The zero-order valence-electron chi connectivity index (χ0n) is 6.61. The van der Waals surface area contributed by atoms with E-state index in [1.165, 1.54) is 0 Å². The van der Waals surface area contributed by atoms with Crippen molar-refractivity contribution in [1.82, 2.24) is 0 Å². The van der Waals surface area contributed by atoms with E-state index in [1.807, 2.05) is 0 Å². The van der Waals surface area contributed by atoms with Crippen LogP contribution in [-0.4, -0.2) is 6.98 Å². The summed E-state index contributed by atoms with van der Waals surface area (Å²) in [6.07, 6.45) is 0. The summed E-state index contributed by atoms with van der Waals surface area (Å²) >= 11 is 0. The average Bonchev–Trinajstić information content (AvgIpc) is 2.03. The van der Waals surface area contributed by atoms with Crippen molar-refractivity contribution in [3.63, 3.8) is 0 Å². The molecule has 1 aromatic rings. The molecule has 13 heavy (non-hydrogen) atoms. The van der Waals surface area contributed by atoms with Crippen molar-refractivity contribution in [1.29, 1.82) is 0 Å². The van der Waals surface area contributed by atoms with Crippen LogP contribution in [0.3, 0.4) is 0 Å². The van der Waals surface area contributed by atoms with Crippen LogP contribution < -0.4 is 11.2 Å². The maximum absolute atomic E-state index is 12.7. The molecule has 0 aliphatic heterocycles. The molecule has 0 heterocycles. The van der Waals surface area contributed by atoms with Crippen LogP contribution in [0.4, 0.5) is 17.3 Å². The summed E-state index contributed by atoms with van der Waals surface area (Å²) in [5, 5.41) is 0. The fourth-order valence-corrected chi connectivity index (χ4v) is 0.955. The van der Waals surface area contributed by atoms with Gasteiger partial charge in [0.05, 0.1) is 0 Å². The third-order valence-corrected chi connectivity index (χ3v) is 1.67. The molecule has 1 nitrogen and oxygen atoms in total. The SMILES string of the molecule is NCc1cc([B-](F)(F)F)ccc1F. The molecule has 1 aromatic carbocycles. The fourth-order valence-electron chi connectivity index (χ4n) is 0.955. The molecule has 0 bridgehead atoms. The molecule has 1 rings (SSSR count). The van der Waals surface area contributed by atoms with Crippen molar-refractivity contribution in [2.75, 3.05) is 0 Å². The van der Waals surface area contributed by atoms with Gasteiger partial charge in [0.1, 0.15) is 5.82 Å². The van der Waals surface area contributed by atoms with E-state index in [0.29, 0.717) is 6.07 Å². The van der Waals surface area contributed by atoms with Crippen molar-refractivity contribution in [3.8, 4) is 0 Å². The Hall–Kier alpha value is -1.04. The molecule has 0 aromatic heterocycles. The smallest absolute Gasteiger partial charge is 0.445 e. The Morgan fingerprint density at radius 1 is 1.23 bits per heavy atom. The Kier molecular flexibility index (Phi) is 2.61. The molecule has 0 saturated heterocycles. The van der Waals surface area contributed by atoms with Gasteiger partial charge in [-0.2, -0.15) is 0 Å². The Balaban J connectivity index is 3.14. The highest BCUT2D eigenvalue weighted by atomic mass is 19.4. The first kappa shape index (κ1) is 10.0. The van der Waals surface area contributed by atoms with E-state index >= 15 is 0 Å². The summed E-state index contributed by atoms with van der Waals surface area (Å²) in [5.41, 5.74) is 4.13. The molecule has 6 heteroatoms. The van der Waals surface area contributed by atoms with Gasteiger partial charge >= 0.3 is 6.98 Å². The van der Waals surface area contributed by atoms with Crippen LogP contribution in [0.2, 0.25) is 0 Å². The second-order valence-electron chi connectivity index (χ2n) is 2.63. The lowest BCUT2D eigenvalue weighted by atomic mass is 9.79. The largest absolute Gasteiger partial charge is 0.509 e. The van der Waals surface area contributed by atoms with E-state index < -0.39 is 18.3 Å². The van der Waals surface area contributed by atoms with Crippen LogP contribution in [0.1, 0.15) is 5.56 Å². The van der Waals surface area contributed by atoms with E-state index in [2.05, 4.69) is 0 Å². The minimum atomic E-state index is -5.07. The lowest BCUT2D eigenvalue weighted by molar-refractivity contribution is 0.500. The Morgan fingerprint density at radius 2 is 1.85 bits per heavy atom. The van der Waals surface area contributed by atoms with Crippen molar-refractivity contribution in [2.45, 2.75) is 6.54 Å². The van der Waals surface area contributed by atoms with Crippen molar-refractivity contribution >= 4 is 12.4 Å². The zero-order valence-corrected chi connectivity index (χ0v) is 6.61. The lowest BCUT2D eigenvalue weighted by Crippen LogP contribution is -2.34. The maximum atomic E-state index is 12.7. The van der Waals surface area contributed by atoms with Crippen LogP contribution >= 0.6 is 0 Å². The molecule has 0 aliphatic rings. The quantitative estimate of drug-likeness (QED) is 0.555. The lowest BCUT2D eigenvalue weighted by Gasteiger charge is -2.15. The molecule has 0 spiro atoms. The van der Waals surface area contributed by atoms with E-state index in [0.717, 1.165) is 12.1 Å². The van der Waals surface area contributed by atoms with Gasteiger partial charge in [-0.25, -0.2) is 4.39 Å². The van der Waals surface area contributed by atoms with Gasteiger partial charge in [0.25, 0.3) is 0 Å². The highest BCUT2D eigenvalue weighted by Crippen LogP contribution is 2.12. The molecule has 0 radical (unpaired) electrons. The summed E-state index contributed by atoms with van der Waals surface area (Å²) in [6, 6.07) is 2.25. The van der Waals surface area contributed by atoms with Gasteiger partial charge in [0.2, 0.25) is 0 Å². The highest BCUT2D eigenvalue weighted by Gasteiger charge is 2.25. The number of hydrogen-bond acceptors (Lipinski definition) is 1. The molecule has 72 valence electrons. The van der Waals surface area contributed by atoms with E-state index in [4.69, 9.17) is 5.73 Å². The molecule has 0 fully saturated rings. The van der Waals surface area contributed by atoms with Gasteiger partial charge < -0.3 is 18.7 Å². The zero-order chi connectivity index (χ0) is 10.1. The maximum Gasteiger partial charge on any atom is 0.509 e. The molecule has 0 atom stereocenters. The molecule has 0 aliphatic carbocycles. The Bertz CT molecular complexity index is 310. The van der Waals surface area contributed by atoms with Crippen LogP contribution in [-0.2, 0) is 6.54 Å². The molecule has 0 amide bonds. The minimum absolute atomic E-state index is 0.114. The summed E-state index contributed by atoms with van der Waals surface area (Å²) in [4.78, 5) is 0. The molecule has 2 N–H and O–H groups in total. The van der Waals surface area contributed by atoms with E-state index in [-0.39, 0.29) is 12.1 Å². The van der Waals surface area contributed by atoms with Gasteiger partial charge in [0, 0.05) is 6.54 Å². The van der Waals surface area contributed by atoms with Crippen molar-refractivity contribution < 1.29 is 17.3 Å². The molecule has 0 unspecified atom stereocenters. The second-order valence-corrected chi connectivity index (χ2v) is 2.63. The number of rotatable bonds is 2. The van der Waals surface area contributed by atoms with Gasteiger partial charge in [0.15, 0.2) is 0 Å². The summed E-state index contributed by atoms with van der Waals surface area (Å²) in [5.74, 6) is -0.702. The van der Waals surface area contributed by atoms with Gasteiger partial charge in [-0.15, -0.1) is 5.46 Å². The summed E-state index contributed by atoms with van der Waals surface area (Å²) in [7, 11) is 0. The first-order valence-corrected chi connectivity index (χ1v) is 3.63. The topological polar surface area (TPSA) is 26.0 Å². The van der Waals surface area contributed by atoms with Gasteiger partial charge in [-0.05, 0) is 11.6 Å². The highest BCUT2D eigenvalue weighted by molar-refractivity contribution is 6.73. The second kappa shape index (κ2) is 3.37. The summed E-state index contributed by atoms with van der Waals surface area (Å²) < 4.78 is 49.1. The third kappa shape index (κ3) is 2.21. The van der Waals surface area contributed by atoms with Gasteiger partial charge in [-0.1, -0.05) is 12.1 Å². The first-order chi connectivity index (χ1) is 5.95. The van der Waals surface area contributed by atoms with E-state index in [1.54, 1.807) is 0 Å². The van der Waals surface area contributed by atoms with Crippen LogP contribution in [0, 0.1) is 5.82 Å². The molecule has 0 saturated carbocycles. The fraction of sp³-hybridized carbons (Fsp3) is 0.143. The predicted molar refractivity (Wildman–Crippen MR) is 43.0 cm³/mol. The van der Waals surface area contributed by atoms with Crippen LogP contribution in [0.15, 0.2) is 18.2 Å². The first-order valence-electron chi connectivity index (χ1n) is 3.63. The van der Waals surface area contributed by atoms with Crippen LogP contribution in [0.5, 0.6) is 0 Å². The van der Waals surface area contributed by atoms with Crippen molar-refractivity contribution in [2.24, 2.45) is 5.73 Å². The predicted octanol–water partition coefficient (Wildman–Crippen LogP) is 1.34. The number of benzene rings is 1. The minimum Gasteiger partial charge on any atom is -0.445 e. The standard InChI is InChI=1S/C7H7BF4N/c9-7-2-1-6(8(10,11)12)3-5(7)4-13/h1-3H,4,13H2/q-1. The third-order valence-electron chi connectivity index (χ3n) is 1.67. The number of hydrogen-bond donors (Lipinski definition) is 1.